The zero-order valence-electron chi connectivity index (χ0n) is 33.8. The van der Waals surface area contributed by atoms with Gasteiger partial charge in [0.2, 0.25) is 0 Å². The van der Waals surface area contributed by atoms with E-state index in [1.54, 1.807) is 34.6 Å². The van der Waals surface area contributed by atoms with E-state index >= 15 is 0 Å². The molecule has 58 heavy (non-hydrogen) atoms. The van der Waals surface area contributed by atoms with Crippen molar-refractivity contribution >= 4 is 77.5 Å². The van der Waals surface area contributed by atoms with E-state index in [9.17, 15) is 30.0 Å². The molecule has 0 saturated heterocycles. The van der Waals surface area contributed by atoms with E-state index in [0.29, 0.717) is 44.9 Å². The maximum atomic E-state index is 10.6. The van der Waals surface area contributed by atoms with Crippen molar-refractivity contribution in [2.24, 2.45) is 35.5 Å². The molecule has 8 nitrogen and oxygen atoms in total. The molecule has 10 atom stereocenters. The zero-order valence-corrected chi connectivity index (χ0v) is 37.0. The molecule has 6 N–H and O–H groups in total. The average molecular weight is 896 g/mol. The van der Waals surface area contributed by atoms with Gasteiger partial charge in [0.25, 0.3) is 0 Å². The Hall–Kier alpha value is -2.51. The van der Waals surface area contributed by atoms with Gasteiger partial charge in [-0.1, -0.05) is 0 Å². The number of aliphatic hydroxyl groups is 4. The van der Waals surface area contributed by atoms with Gasteiger partial charge in [-0.2, -0.15) is 0 Å². The fourth-order valence-electron chi connectivity index (χ4n) is 7.88. The topological polar surface area (TPSA) is 156 Å². The molecule has 2 aliphatic rings. The minimum absolute atomic E-state index is 0.0390. The number of aliphatic hydroxyl groups excluding tert-OH is 4. The van der Waals surface area contributed by atoms with Crippen molar-refractivity contribution in [2.75, 3.05) is 0 Å². The fourth-order valence-corrected chi connectivity index (χ4v) is 10.4. The van der Waals surface area contributed by atoms with E-state index < -0.39 is 36.4 Å². The first kappa shape index (κ1) is 49.8. The third-order valence-electron chi connectivity index (χ3n) is 11.1. The number of hydrogen-bond donors (Lipinski definition) is 6. The van der Waals surface area contributed by atoms with Crippen LogP contribution in [0.5, 0.6) is 0 Å². The van der Waals surface area contributed by atoms with Gasteiger partial charge in [-0.15, -0.1) is 0 Å². The molecule has 2 unspecified atom stereocenters. The summed E-state index contributed by atoms with van der Waals surface area (Å²) >= 11 is 6.94. The molecular weight excluding hydrogens is 834 g/mol. The summed E-state index contributed by atoms with van der Waals surface area (Å²) in [7, 11) is 11.6. The Kier molecular flexibility index (Phi) is 22.9. The Morgan fingerprint density at radius 1 is 0.793 bits per heavy atom. The standard InChI is InChI=1S/C23H32BO4S.C22H29BBrO4S/c1-16-8-11-19(29-16)12-9-18(25)10-13-20-17(15-24)14-22(26)21(20)6-4-2-3-5-7-23(27)28;1-14-20(24)12-17(29-14)11-16(25)8-9-18-15(13-23)10-21(26)19(18)6-4-2-3-5-7-22(27)28/h2,4,8,10-11,13,15,17-18,20-22,25-26H,3,5-7,9,12,14H2,1H3,(H,27,28);2,4,8-9,12-13,15-16,18-19,21,25-26H,3,5-7,10-11H2,1H3,(H,27,28)/b4-2-,13-10+;4-2-,9-8+/t17-,18-,20-,21+,22?;15-,16+,18-,19+,21?/m00/s1. The molecule has 0 amide bonds. The molecule has 2 fully saturated rings. The number of carboxylic acids is 2. The van der Waals surface area contributed by atoms with Gasteiger partial charge in [-0.05, 0) is 0 Å². The summed E-state index contributed by atoms with van der Waals surface area (Å²) in [5, 5.41) is 59.1. The van der Waals surface area contributed by atoms with E-state index in [-0.39, 0.29) is 48.3 Å². The van der Waals surface area contributed by atoms with Crippen molar-refractivity contribution in [3.63, 3.8) is 0 Å². The zero-order chi connectivity index (χ0) is 42.6. The van der Waals surface area contributed by atoms with E-state index in [4.69, 9.17) is 25.2 Å². The molecule has 2 saturated carbocycles. The molecule has 2 aromatic rings. The van der Waals surface area contributed by atoms with E-state index in [2.05, 4.69) is 35.0 Å². The van der Waals surface area contributed by atoms with Crippen molar-refractivity contribution in [3.8, 4) is 0 Å². The van der Waals surface area contributed by atoms with E-state index in [0.717, 1.165) is 35.0 Å². The van der Waals surface area contributed by atoms with Crippen molar-refractivity contribution in [1.82, 2.24) is 0 Å². The summed E-state index contributed by atoms with van der Waals surface area (Å²) in [6, 6.07) is 6.26. The number of carboxylic acid groups (broad SMARTS) is 2. The van der Waals surface area contributed by atoms with Gasteiger partial charge < -0.3 is 0 Å². The number of aliphatic carboxylic acids is 2. The second kappa shape index (κ2) is 26.6. The third-order valence-corrected chi connectivity index (χ3v) is 14.3. The molecule has 2 radical (unpaired) electrons. The molecular formula is C45H61B2BrO8S2. The van der Waals surface area contributed by atoms with Gasteiger partial charge >= 0.3 is 366 Å². The van der Waals surface area contributed by atoms with Crippen molar-refractivity contribution in [3.05, 3.63) is 90.8 Å². The molecule has 4 rings (SSSR count). The Morgan fingerprint density at radius 3 is 1.74 bits per heavy atom. The van der Waals surface area contributed by atoms with Gasteiger partial charge in [-0.25, -0.2) is 0 Å². The molecule has 0 aromatic carbocycles. The first-order chi connectivity index (χ1) is 27.7. The van der Waals surface area contributed by atoms with E-state index in [1.165, 1.54) is 14.6 Å². The SMILES string of the molecule is [B]=C[C@@H]1CC(O)[C@H](C/C=C\CCCC(=O)O)[C@H]1/C=C/[C@@H](O)CCc1ccc(C)s1.[B]=C[C@@H]1CC(O)[C@H](C/C=C\CCCC(=O)O)[C@H]1/C=C/[C@@H](O)Cc1cc(Br)c(C)s1. The van der Waals surface area contributed by atoms with Crippen LogP contribution in [0.4, 0.5) is 0 Å². The summed E-state index contributed by atoms with van der Waals surface area (Å²) in [5.74, 6) is 2.20. The summed E-state index contributed by atoms with van der Waals surface area (Å²) in [5.41, 5.74) is 0. The predicted molar refractivity (Wildman–Crippen MR) is 244 cm³/mol. The molecule has 0 spiro atoms. The first-order valence-electron chi connectivity index (χ1n) is 20.4. The van der Waals surface area contributed by atoms with Crippen LogP contribution in [0.25, 0.3) is 0 Å². The van der Waals surface area contributed by atoms with Crippen molar-refractivity contribution in [2.45, 2.75) is 122 Å². The summed E-state index contributed by atoms with van der Waals surface area (Å²) in [4.78, 5) is 26.0. The summed E-state index contributed by atoms with van der Waals surface area (Å²) in [6.45, 7) is 4.13. The van der Waals surface area contributed by atoms with Gasteiger partial charge in [0.1, 0.15) is 0 Å². The summed E-state index contributed by atoms with van der Waals surface area (Å²) < 4.78 is 1.07. The van der Waals surface area contributed by atoms with Crippen LogP contribution in [0.15, 0.2) is 71.3 Å². The van der Waals surface area contributed by atoms with Crippen molar-refractivity contribution < 1.29 is 40.2 Å². The fraction of sp³-hybridized carbons (Fsp3) is 0.556. The van der Waals surface area contributed by atoms with Crippen LogP contribution in [0, 0.1) is 49.4 Å². The number of hydrogen-bond acceptors (Lipinski definition) is 8. The van der Waals surface area contributed by atoms with E-state index in [1.807, 2.05) is 61.6 Å². The van der Waals surface area contributed by atoms with Gasteiger partial charge in [0.05, 0.1) is 0 Å². The number of carbonyl (C=O) groups is 2. The van der Waals surface area contributed by atoms with Crippen LogP contribution in [0.3, 0.4) is 0 Å². The van der Waals surface area contributed by atoms with Crippen LogP contribution in [-0.4, -0.2) is 93.9 Å². The molecule has 13 heteroatoms. The van der Waals surface area contributed by atoms with Crippen LogP contribution in [0.1, 0.15) is 90.1 Å². The maximum absolute atomic E-state index is 10.6. The van der Waals surface area contributed by atoms with Gasteiger partial charge in [-0.3, -0.25) is 0 Å². The first-order valence-corrected chi connectivity index (χ1v) is 22.9. The molecule has 314 valence electrons. The molecule has 0 aliphatic heterocycles. The Bertz CT molecular complexity index is 1680. The number of allylic oxidation sites excluding steroid dienone is 6. The average Bonchev–Trinajstić information content (AvgIpc) is 3.91. The molecule has 2 aliphatic carbocycles. The van der Waals surface area contributed by atoms with Crippen LogP contribution >= 0.6 is 38.6 Å². The van der Waals surface area contributed by atoms with Gasteiger partial charge in [0.15, 0.2) is 0 Å². The normalized spacial score (nSPS) is 25.7. The second-order valence-corrected chi connectivity index (χ2v) is 19.1. The van der Waals surface area contributed by atoms with Crippen LogP contribution < -0.4 is 0 Å². The minimum atomic E-state index is -0.778. The number of unbranched alkanes of at least 4 members (excludes halogenated alkanes) is 2. The molecule has 2 aromatic heterocycles. The number of thiophene rings is 2. The molecule has 2 heterocycles. The quantitative estimate of drug-likeness (QED) is 0.0376. The predicted octanol–water partition coefficient (Wildman–Crippen LogP) is 7.76. The Balaban J connectivity index is 0.000000310. The summed E-state index contributed by atoms with van der Waals surface area (Å²) in [6.07, 6.45) is 21.6. The number of aryl methyl sites for hydroxylation is 3. The Morgan fingerprint density at radius 2 is 1.31 bits per heavy atom. The van der Waals surface area contributed by atoms with Crippen LogP contribution in [-0.2, 0) is 22.4 Å². The van der Waals surface area contributed by atoms with Crippen molar-refractivity contribution in [1.29, 1.82) is 0 Å². The Labute approximate surface area is 363 Å². The van der Waals surface area contributed by atoms with Crippen LogP contribution in [0.2, 0.25) is 0 Å². The monoisotopic (exact) mass is 894 g/mol. The number of rotatable bonds is 23. The molecule has 0 bridgehead atoms. The second-order valence-electron chi connectivity index (χ2n) is 15.6. The third kappa shape index (κ3) is 17.6. The number of halogens is 1. The van der Waals surface area contributed by atoms with Gasteiger partial charge in [0, 0.05) is 0 Å².